The maximum atomic E-state index is 2.37. The first-order chi connectivity index (χ1) is 10.3. The zero-order chi connectivity index (χ0) is 15.3. The molecule has 0 fully saturated rings. The Kier molecular flexibility index (Phi) is 13.3. The third-order valence-corrected chi connectivity index (χ3v) is 4.65. The Morgan fingerprint density at radius 1 is 0.818 bits per heavy atom. The van der Waals surface area contributed by atoms with Crippen molar-refractivity contribution in [1.82, 2.24) is 4.57 Å². The topological polar surface area (TPSA) is 38.8 Å². The van der Waals surface area contributed by atoms with E-state index in [1.54, 1.807) is 0 Å². The van der Waals surface area contributed by atoms with Gasteiger partial charge < -0.3 is 5.48 Å². The van der Waals surface area contributed by atoms with Gasteiger partial charge in [-0.05, 0) is 12.8 Å². The van der Waals surface area contributed by atoms with Crippen molar-refractivity contribution in [1.29, 1.82) is 0 Å². The summed E-state index contributed by atoms with van der Waals surface area (Å²) >= 11 is 0. The van der Waals surface area contributed by atoms with E-state index in [9.17, 15) is 0 Å². The summed E-state index contributed by atoms with van der Waals surface area (Å²) in [5.41, 5.74) is 0. The molecule has 0 saturated carbocycles. The molecule has 1 heterocycles. The average Bonchev–Trinajstić information content (AvgIpc) is 2.80. The molecule has 0 aliphatic heterocycles. The zero-order valence-corrected chi connectivity index (χ0v) is 15.2. The van der Waals surface area contributed by atoms with Gasteiger partial charge in [0, 0.05) is 6.92 Å². The van der Waals surface area contributed by atoms with Crippen LogP contribution in [0.25, 0.3) is 0 Å². The van der Waals surface area contributed by atoms with E-state index in [1.807, 2.05) is 0 Å². The molecule has 3 nitrogen and oxygen atoms in total. The quantitative estimate of drug-likeness (QED) is 0.367. The second-order valence-corrected chi connectivity index (χ2v) is 6.54. The van der Waals surface area contributed by atoms with Crippen LogP contribution in [0, 0.1) is 6.92 Å². The van der Waals surface area contributed by atoms with Crippen molar-refractivity contribution in [3.63, 3.8) is 0 Å². The Hall–Kier alpha value is -0.830. The van der Waals surface area contributed by atoms with Crippen LogP contribution in [0.3, 0.4) is 0 Å². The molecular weight excluding hydrogens is 272 g/mol. The molecule has 0 atom stereocenters. The van der Waals surface area contributed by atoms with Crippen molar-refractivity contribution in [2.75, 3.05) is 0 Å². The van der Waals surface area contributed by atoms with E-state index in [1.165, 1.54) is 89.4 Å². The van der Waals surface area contributed by atoms with Crippen molar-refractivity contribution in [2.24, 2.45) is 7.05 Å². The summed E-state index contributed by atoms with van der Waals surface area (Å²) in [6, 6.07) is 0. The standard InChI is InChI=1S/C19H37N2.H2O/c1-4-5-6-7-8-9-10-11-12-13-14-15-16-21-18-17-20(3)19(21)2;/h17-18H,4-16H2,1-3H3;1H2/q+1;/p-1. The number of aromatic nitrogens is 2. The molecule has 0 radical (unpaired) electrons. The first-order valence-electron chi connectivity index (χ1n) is 9.27. The van der Waals surface area contributed by atoms with Crippen LogP contribution >= 0.6 is 0 Å². The van der Waals surface area contributed by atoms with Crippen LogP contribution in [-0.2, 0) is 13.6 Å². The van der Waals surface area contributed by atoms with E-state index in [-0.39, 0.29) is 5.48 Å². The normalized spacial score (nSPS) is 10.7. The summed E-state index contributed by atoms with van der Waals surface area (Å²) in [6.07, 6.45) is 21.5. The van der Waals surface area contributed by atoms with E-state index < -0.39 is 0 Å². The van der Waals surface area contributed by atoms with Crippen LogP contribution < -0.4 is 4.57 Å². The van der Waals surface area contributed by atoms with Gasteiger partial charge >= 0.3 is 0 Å². The van der Waals surface area contributed by atoms with Crippen molar-refractivity contribution in [2.45, 2.75) is 97.4 Å². The third-order valence-electron chi connectivity index (χ3n) is 4.65. The molecule has 0 amide bonds. The number of imidazole rings is 1. The van der Waals surface area contributed by atoms with Gasteiger partial charge in [0.15, 0.2) is 0 Å². The molecule has 130 valence electrons. The Labute approximate surface area is 138 Å². The Morgan fingerprint density at radius 2 is 1.27 bits per heavy atom. The van der Waals surface area contributed by atoms with E-state index >= 15 is 0 Å². The molecule has 1 N–H and O–H groups in total. The molecule has 0 saturated heterocycles. The fraction of sp³-hybridized carbons (Fsp3) is 0.842. The smallest absolute Gasteiger partial charge is 0.253 e. The van der Waals surface area contributed by atoms with Crippen molar-refractivity contribution < 1.29 is 10.0 Å². The predicted octanol–water partition coefficient (Wildman–Crippen LogP) is 5.15. The van der Waals surface area contributed by atoms with Gasteiger partial charge in [-0.25, -0.2) is 9.13 Å². The predicted molar refractivity (Wildman–Crippen MR) is 93.4 cm³/mol. The van der Waals surface area contributed by atoms with Gasteiger partial charge in [0.25, 0.3) is 5.82 Å². The summed E-state index contributed by atoms with van der Waals surface area (Å²) in [4.78, 5) is 0. The summed E-state index contributed by atoms with van der Waals surface area (Å²) in [7, 11) is 2.12. The molecule has 0 aromatic carbocycles. The van der Waals surface area contributed by atoms with Crippen LogP contribution in [0.15, 0.2) is 12.4 Å². The number of unbranched alkanes of at least 4 members (excludes halogenated alkanes) is 11. The van der Waals surface area contributed by atoms with E-state index in [4.69, 9.17) is 0 Å². The molecule has 1 rings (SSSR count). The lowest BCUT2D eigenvalue weighted by Gasteiger charge is -2.03. The second-order valence-electron chi connectivity index (χ2n) is 6.54. The second kappa shape index (κ2) is 13.8. The molecular formula is C19H38N2O. The SMILES string of the molecule is CCCCCCCCCCCCCC[n+]1ccn(C)c1C.[OH-]. The van der Waals surface area contributed by atoms with Crippen LogP contribution in [0.2, 0.25) is 0 Å². The molecule has 0 unspecified atom stereocenters. The number of aryl methyl sites for hydroxylation is 2. The Bertz CT molecular complexity index is 360. The summed E-state index contributed by atoms with van der Waals surface area (Å²) in [6.45, 7) is 5.67. The van der Waals surface area contributed by atoms with E-state index in [0.29, 0.717) is 0 Å². The molecule has 0 spiro atoms. The molecule has 1 aromatic rings. The highest BCUT2D eigenvalue weighted by Gasteiger charge is 2.07. The number of hydrogen-bond acceptors (Lipinski definition) is 1. The van der Waals surface area contributed by atoms with Gasteiger partial charge in [0.2, 0.25) is 0 Å². The van der Waals surface area contributed by atoms with Gasteiger partial charge in [-0.1, -0.05) is 71.1 Å². The molecule has 0 aliphatic rings. The lowest BCUT2D eigenvalue weighted by atomic mass is 10.1. The van der Waals surface area contributed by atoms with E-state index in [2.05, 4.69) is 42.4 Å². The fourth-order valence-corrected chi connectivity index (χ4v) is 2.96. The van der Waals surface area contributed by atoms with Crippen LogP contribution in [0.5, 0.6) is 0 Å². The maximum absolute atomic E-state index is 2.37. The lowest BCUT2D eigenvalue weighted by Crippen LogP contribution is -2.35. The van der Waals surface area contributed by atoms with Crippen molar-refractivity contribution in [3.05, 3.63) is 18.2 Å². The minimum absolute atomic E-state index is 0. The molecule has 3 heteroatoms. The van der Waals surface area contributed by atoms with Crippen LogP contribution in [0.4, 0.5) is 0 Å². The first-order valence-corrected chi connectivity index (χ1v) is 9.27. The van der Waals surface area contributed by atoms with Crippen LogP contribution in [-0.4, -0.2) is 10.0 Å². The van der Waals surface area contributed by atoms with Crippen molar-refractivity contribution >= 4 is 0 Å². The summed E-state index contributed by atoms with van der Waals surface area (Å²) in [5.74, 6) is 1.36. The van der Waals surface area contributed by atoms with Gasteiger partial charge in [0.1, 0.15) is 12.4 Å². The Balaban J connectivity index is 0.00000441. The highest BCUT2D eigenvalue weighted by atomic mass is 16.0. The number of nitrogens with zero attached hydrogens (tertiary/aromatic N) is 2. The van der Waals surface area contributed by atoms with Gasteiger partial charge in [-0.15, -0.1) is 0 Å². The number of hydrogen-bond donors (Lipinski definition) is 0. The molecule has 0 aliphatic carbocycles. The highest BCUT2D eigenvalue weighted by molar-refractivity contribution is 4.76. The fourth-order valence-electron chi connectivity index (χ4n) is 2.96. The van der Waals surface area contributed by atoms with E-state index in [0.717, 1.165) is 0 Å². The lowest BCUT2D eigenvalue weighted by molar-refractivity contribution is -0.702. The Morgan fingerprint density at radius 3 is 1.68 bits per heavy atom. The van der Waals surface area contributed by atoms with Gasteiger partial charge in [-0.2, -0.15) is 0 Å². The van der Waals surface area contributed by atoms with Crippen LogP contribution in [0.1, 0.15) is 89.8 Å². The number of rotatable bonds is 13. The first kappa shape index (κ1) is 21.2. The molecule has 1 aromatic heterocycles. The minimum atomic E-state index is 0. The van der Waals surface area contributed by atoms with Gasteiger partial charge in [-0.3, -0.25) is 0 Å². The van der Waals surface area contributed by atoms with Gasteiger partial charge in [0.05, 0.1) is 13.6 Å². The minimum Gasteiger partial charge on any atom is -0.870 e. The highest BCUT2D eigenvalue weighted by Crippen LogP contribution is 2.11. The largest absolute Gasteiger partial charge is 0.870 e. The monoisotopic (exact) mass is 310 g/mol. The average molecular weight is 311 g/mol. The third kappa shape index (κ3) is 9.24. The van der Waals surface area contributed by atoms with Crippen molar-refractivity contribution in [3.8, 4) is 0 Å². The zero-order valence-electron chi connectivity index (χ0n) is 15.2. The molecule has 0 bridgehead atoms. The molecule has 22 heavy (non-hydrogen) atoms. The summed E-state index contributed by atoms with van der Waals surface area (Å²) in [5, 5.41) is 0. The maximum Gasteiger partial charge on any atom is 0.253 e. The summed E-state index contributed by atoms with van der Waals surface area (Å²) < 4.78 is 4.57.